The predicted octanol–water partition coefficient (Wildman–Crippen LogP) is 0.386. The number of carbonyl (C=O) groups is 1. The van der Waals surface area contributed by atoms with Crippen molar-refractivity contribution in [2.45, 2.75) is 37.0 Å². The molecule has 4 rings (SSSR count). The molecule has 0 saturated carbocycles. The van der Waals surface area contributed by atoms with Gasteiger partial charge in [-0.25, -0.2) is 10.9 Å². The van der Waals surface area contributed by atoms with Crippen LogP contribution in [0, 0.1) is 6.92 Å². The molecule has 6 N–H and O–H groups in total. The molecule has 138 valence electrons. The lowest BCUT2D eigenvalue weighted by molar-refractivity contribution is -0.132. The van der Waals surface area contributed by atoms with Crippen LogP contribution in [0.3, 0.4) is 0 Å². The van der Waals surface area contributed by atoms with E-state index >= 15 is 0 Å². The second-order valence-electron chi connectivity index (χ2n) is 7.19. The van der Waals surface area contributed by atoms with Crippen LogP contribution in [0.4, 0.5) is 0 Å². The van der Waals surface area contributed by atoms with Gasteiger partial charge >= 0.3 is 0 Å². The highest BCUT2D eigenvalue weighted by Crippen LogP contribution is 2.31. The maximum absolute atomic E-state index is 13.2. The topological polar surface area (TPSA) is 110 Å². The van der Waals surface area contributed by atoms with Gasteiger partial charge in [0.15, 0.2) is 0 Å². The van der Waals surface area contributed by atoms with Gasteiger partial charge < -0.3 is 20.8 Å². The molecule has 0 aliphatic carbocycles. The van der Waals surface area contributed by atoms with E-state index in [2.05, 4.69) is 10.9 Å². The van der Waals surface area contributed by atoms with Crippen LogP contribution in [-0.4, -0.2) is 42.1 Å². The molecule has 3 heterocycles. The molecule has 1 aromatic heterocycles. The summed E-state index contributed by atoms with van der Waals surface area (Å²) in [5, 5.41) is 0. The molecular weight excluding hydrogens is 330 g/mol. The quantitative estimate of drug-likeness (QED) is 0.634. The average molecular weight is 355 g/mol. The van der Waals surface area contributed by atoms with Crippen molar-refractivity contribution in [2.75, 3.05) is 13.1 Å². The first-order valence-corrected chi connectivity index (χ1v) is 8.97. The molecule has 0 radical (unpaired) electrons. The molecule has 5 atom stereocenters. The molecular formula is C19H25N5O2. The van der Waals surface area contributed by atoms with Gasteiger partial charge in [0.2, 0.25) is 5.91 Å². The molecule has 1 amide bonds. The highest BCUT2D eigenvalue weighted by Gasteiger charge is 2.44. The van der Waals surface area contributed by atoms with Crippen LogP contribution < -0.4 is 22.3 Å². The lowest BCUT2D eigenvalue weighted by atomic mass is 9.90. The summed E-state index contributed by atoms with van der Waals surface area (Å²) in [7, 11) is 0. The van der Waals surface area contributed by atoms with Crippen LogP contribution in [0.2, 0.25) is 0 Å². The summed E-state index contributed by atoms with van der Waals surface area (Å²) < 4.78 is 5.73. The van der Waals surface area contributed by atoms with Crippen LogP contribution >= 0.6 is 0 Å². The number of benzene rings is 1. The van der Waals surface area contributed by atoms with Crippen LogP contribution in [0.15, 0.2) is 46.9 Å². The standard InChI is InChI=1S/C19H25N5O2/c1-11-7-8-15(26-11)13-9-24(10-14(13)20)19(25)17-16(18(21)23-22-17)12-5-3-2-4-6-12/h2-8,13-14,16-18,22-23H,9-10,20-21H2,1H3/t13-,14-,16?,17?,18?/m1/s1. The third-order valence-corrected chi connectivity index (χ3v) is 5.41. The average Bonchev–Trinajstić information content (AvgIpc) is 3.33. The minimum atomic E-state index is -0.420. The minimum Gasteiger partial charge on any atom is -0.466 e. The summed E-state index contributed by atoms with van der Waals surface area (Å²) in [6.07, 6.45) is -0.328. The van der Waals surface area contributed by atoms with Gasteiger partial charge in [-0.15, -0.1) is 0 Å². The van der Waals surface area contributed by atoms with Gasteiger partial charge in [0, 0.05) is 25.0 Å². The van der Waals surface area contributed by atoms with Crippen molar-refractivity contribution in [1.29, 1.82) is 0 Å². The SMILES string of the molecule is Cc1ccc([C@@H]2CN(C(=O)C3NNC(N)C3c3ccccc3)C[C@H]2N)o1. The van der Waals surface area contributed by atoms with E-state index in [1.54, 1.807) is 0 Å². The summed E-state index contributed by atoms with van der Waals surface area (Å²) in [5.41, 5.74) is 19.6. The molecule has 0 spiro atoms. The maximum atomic E-state index is 13.2. The Bertz CT molecular complexity index is 777. The van der Waals surface area contributed by atoms with E-state index < -0.39 is 6.04 Å². The van der Waals surface area contributed by atoms with Crippen molar-refractivity contribution in [3.63, 3.8) is 0 Å². The lowest BCUT2D eigenvalue weighted by Crippen LogP contribution is -2.47. The highest BCUT2D eigenvalue weighted by atomic mass is 16.3. The number of aryl methyl sites for hydroxylation is 1. The van der Waals surface area contributed by atoms with Crippen molar-refractivity contribution in [3.05, 3.63) is 59.5 Å². The fourth-order valence-corrected chi connectivity index (χ4v) is 4.02. The lowest BCUT2D eigenvalue weighted by Gasteiger charge is -2.25. The van der Waals surface area contributed by atoms with Crippen LogP contribution in [0.1, 0.15) is 28.9 Å². The van der Waals surface area contributed by atoms with E-state index in [0.717, 1.165) is 17.1 Å². The normalized spacial score (nSPS) is 31.5. The number of nitrogens with two attached hydrogens (primary N) is 2. The Kier molecular flexibility index (Phi) is 4.54. The number of hydrogen-bond acceptors (Lipinski definition) is 6. The number of rotatable bonds is 3. The van der Waals surface area contributed by atoms with E-state index in [1.165, 1.54) is 0 Å². The fraction of sp³-hybridized carbons (Fsp3) is 0.421. The highest BCUT2D eigenvalue weighted by molar-refractivity contribution is 5.84. The number of nitrogens with one attached hydrogen (secondary N) is 2. The molecule has 26 heavy (non-hydrogen) atoms. The summed E-state index contributed by atoms with van der Waals surface area (Å²) in [6.45, 7) is 2.98. The number of furan rings is 1. The Morgan fingerprint density at radius 2 is 1.88 bits per heavy atom. The molecule has 2 saturated heterocycles. The van der Waals surface area contributed by atoms with Crippen molar-refractivity contribution in [2.24, 2.45) is 11.5 Å². The van der Waals surface area contributed by atoms with Gasteiger partial charge in [0.1, 0.15) is 17.6 Å². The van der Waals surface area contributed by atoms with E-state index in [1.807, 2.05) is 54.3 Å². The molecule has 2 aliphatic heterocycles. The maximum Gasteiger partial charge on any atom is 0.241 e. The summed E-state index contributed by atoms with van der Waals surface area (Å²) in [6, 6.07) is 13.2. The molecule has 2 fully saturated rings. The molecule has 0 bridgehead atoms. The number of hydrazine groups is 1. The summed E-state index contributed by atoms with van der Waals surface area (Å²) in [5.74, 6) is 1.60. The summed E-state index contributed by atoms with van der Waals surface area (Å²) >= 11 is 0. The minimum absolute atomic E-state index is 0.0144. The van der Waals surface area contributed by atoms with Gasteiger partial charge in [0.25, 0.3) is 0 Å². The second kappa shape index (κ2) is 6.85. The number of hydrogen-bond donors (Lipinski definition) is 4. The van der Waals surface area contributed by atoms with Crippen LogP contribution in [0.25, 0.3) is 0 Å². The molecule has 2 aliphatic rings. The molecule has 1 aromatic carbocycles. The molecule has 7 nitrogen and oxygen atoms in total. The Hall–Kier alpha value is -2.19. The Morgan fingerprint density at radius 3 is 2.58 bits per heavy atom. The first-order chi connectivity index (χ1) is 12.5. The van der Waals surface area contributed by atoms with E-state index in [4.69, 9.17) is 15.9 Å². The number of likely N-dealkylation sites (tertiary alicyclic amines) is 1. The molecule has 2 aromatic rings. The number of nitrogens with zero attached hydrogens (tertiary/aromatic N) is 1. The van der Waals surface area contributed by atoms with Gasteiger partial charge in [-0.2, -0.15) is 0 Å². The monoisotopic (exact) mass is 355 g/mol. The first-order valence-electron chi connectivity index (χ1n) is 8.97. The van der Waals surface area contributed by atoms with Gasteiger partial charge in [-0.1, -0.05) is 30.3 Å². The van der Waals surface area contributed by atoms with E-state index in [9.17, 15) is 4.79 Å². The fourth-order valence-electron chi connectivity index (χ4n) is 4.02. The zero-order valence-electron chi connectivity index (χ0n) is 14.8. The largest absolute Gasteiger partial charge is 0.466 e. The predicted molar refractivity (Wildman–Crippen MR) is 98.0 cm³/mol. The Labute approximate surface area is 152 Å². The van der Waals surface area contributed by atoms with E-state index in [0.29, 0.717) is 13.1 Å². The van der Waals surface area contributed by atoms with Crippen molar-refractivity contribution < 1.29 is 9.21 Å². The van der Waals surface area contributed by atoms with Crippen LogP contribution in [0.5, 0.6) is 0 Å². The number of carbonyl (C=O) groups excluding carboxylic acids is 1. The zero-order chi connectivity index (χ0) is 18.3. The van der Waals surface area contributed by atoms with Gasteiger partial charge in [-0.05, 0) is 24.6 Å². The van der Waals surface area contributed by atoms with Crippen molar-refractivity contribution in [3.8, 4) is 0 Å². The summed E-state index contributed by atoms with van der Waals surface area (Å²) in [4.78, 5) is 15.0. The number of amides is 1. The third-order valence-electron chi connectivity index (χ3n) is 5.41. The van der Waals surface area contributed by atoms with Crippen LogP contribution in [-0.2, 0) is 4.79 Å². The van der Waals surface area contributed by atoms with E-state index in [-0.39, 0.29) is 30.0 Å². The third kappa shape index (κ3) is 3.03. The smallest absolute Gasteiger partial charge is 0.241 e. The molecule has 7 heteroatoms. The van der Waals surface area contributed by atoms with Crippen molar-refractivity contribution in [1.82, 2.24) is 15.8 Å². The van der Waals surface area contributed by atoms with Gasteiger partial charge in [0.05, 0.1) is 12.1 Å². The first kappa shape index (κ1) is 17.2. The van der Waals surface area contributed by atoms with Gasteiger partial charge in [-0.3, -0.25) is 4.79 Å². The Morgan fingerprint density at radius 1 is 1.12 bits per heavy atom. The zero-order valence-corrected chi connectivity index (χ0v) is 14.8. The second-order valence-corrected chi connectivity index (χ2v) is 7.19. The Balaban J connectivity index is 1.52. The molecule has 3 unspecified atom stereocenters. The van der Waals surface area contributed by atoms with Crippen molar-refractivity contribution >= 4 is 5.91 Å².